The number of hydrogen-bond donors (Lipinski definition) is 1. The molecule has 1 aromatic carbocycles. The largest absolute Gasteiger partial charge is 0.467 e. The van der Waals surface area contributed by atoms with Gasteiger partial charge in [-0.25, -0.2) is 4.39 Å². The fraction of sp³-hybridized carbons (Fsp3) is 0.409. The molecule has 4 rings (SSSR count). The van der Waals surface area contributed by atoms with E-state index >= 15 is 0 Å². The van der Waals surface area contributed by atoms with Crippen molar-refractivity contribution in [2.24, 2.45) is 0 Å². The highest BCUT2D eigenvalue weighted by Gasteiger charge is 2.25. The summed E-state index contributed by atoms with van der Waals surface area (Å²) < 4.78 is 20.7. The first-order valence-electron chi connectivity index (χ1n) is 10.5. The van der Waals surface area contributed by atoms with Gasteiger partial charge in [0.25, 0.3) is 0 Å². The van der Waals surface area contributed by atoms with Gasteiger partial charge in [0.1, 0.15) is 11.6 Å². The monoisotopic (exact) mass is 443 g/mol. The number of rotatable bonds is 8. The molecule has 0 radical (unpaired) electrons. The molecule has 9 heteroatoms. The van der Waals surface area contributed by atoms with Gasteiger partial charge in [-0.05, 0) is 69.3 Å². The maximum atomic E-state index is 13.5. The van der Waals surface area contributed by atoms with Gasteiger partial charge >= 0.3 is 0 Å². The van der Waals surface area contributed by atoms with Crippen molar-refractivity contribution in [1.29, 1.82) is 0 Å². The molecule has 164 valence electrons. The molecule has 0 aliphatic carbocycles. The highest BCUT2D eigenvalue weighted by molar-refractivity contribution is 7.99. The Balaban J connectivity index is 1.51. The van der Waals surface area contributed by atoms with Gasteiger partial charge in [-0.2, -0.15) is 0 Å². The van der Waals surface area contributed by atoms with Crippen molar-refractivity contribution in [2.45, 2.75) is 43.9 Å². The van der Waals surface area contributed by atoms with Crippen molar-refractivity contribution in [3.63, 3.8) is 0 Å². The minimum atomic E-state index is -0.297. The van der Waals surface area contributed by atoms with Crippen LogP contribution in [0.2, 0.25) is 0 Å². The molecule has 1 aliphatic rings. The van der Waals surface area contributed by atoms with E-state index in [1.807, 2.05) is 10.6 Å². The first-order valence-corrected chi connectivity index (χ1v) is 11.5. The second-order valence-electron chi connectivity index (χ2n) is 7.57. The second kappa shape index (κ2) is 10.1. The number of aromatic nitrogens is 3. The number of amides is 1. The van der Waals surface area contributed by atoms with Crippen LogP contribution in [0.5, 0.6) is 0 Å². The molecule has 1 aliphatic heterocycles. The van der Waals surface area contributed by atoms with Crippen molar-refractivity contribution in [2.75, 3.05) is 18.8 Å². The summed E-state index contributed by atoms with van der Waals surface area (Å²) in [6.45, 7) is 4.51. The summed E-state index contributed by atoms with van der Waals surface area (Å²) in [6, 6.07) is 9.95. The molecule has 1 atom stereocenters. The molecule has 0 spiro atoms. The lowest BCUT2D eigenvalue weighted by Gasteiger charge is -2.31. The molecule has 31 heavy (non-hydrogen) atoms. The molecule has 3 heterocycles. The van der Waals surface area contributed by atoms with E-state index in [1.54, 1.807) is 24.5 Å². The fourth-order valence-electron chi connectivity index (χ4n) is 3.73. The van der Waals surface area contributed by atoms with Gasteiger partial charge < -0.3 is 9.73 Å². The summed E-state index contributed by atoms with van der Waals surface area (Å²) in [5.74, 6) is 1.27. The molecule has 1 saturated heterocycles. The van der Waals surface area contributed by atoms with E-state index < -0.39 is 0 Å². The Morgan fingerprint density at radius 3 is 2.68 bits per heavy atom. The van der Waals surface area contributed by atoms with Crippen LogP contribution in [-0.4, -0.2) is 44.4 Å². The number of furan rings is 1. The van der Waals surface area contributed by atoms with Gasteiger partial charge in [-0.15, -0.1) is 10.2 Å². The number of nitrogens with zero attached hydrogens (tertiary/aromatic N) is 4. The number of hydrogen-bond acceptors (Lipinski definition) is 6. The van der Waals surface area contributed by atoms with Crippen molar-refractivity contribution >= 4 is 17.7 Å². The lowest BCUT2D eigenvalue weighted by molar-refractivity contribution is -0.118. The summed E-state index contributed by atoms with van der Waals surface area (Å²) in [4.78, 5) is 14.7. The van der Waals surface area contributed by atoms with Crippen LogP contribution in [0.3, 0.4) is 0 Å². The SMILES string of the molecule is C[C@@H](c1nnc(SCC(=O)NCc2ccco2)n1-c1ccc(F)cc1)N1CCCCC1. The van der Waals surface area contributed by atoms with Gasteiger partial charge in [-0.3, -0.25) is 14.3 Å². The Bertz CT molecular complexity index is 984. The van der Waals surface area contributed by atoms with Crippen molar-refractivity contribution in [3.8, 4) is 5.69 Å². The Labute approximate surface area is 185 Å². The average Bonchev–Trinajstić information content (AvgIpc) is 3.47. The number of halogens is 1. The van der Waals surface area contributed by atoms with Crippen LogP contribution in [0, 0.1) is 5.82 Å². The number of thioether (sulfide) groups is 1. The van der Waals surface area contributed by atoms with Crippen LogP contribution in [0.25, 0.3) is 5.69 Å². The molecule has 0 bridgehead atoms. The van der Waals surface area contributed by atoms with E-state index in [9.17, 15) is 9.18 Å². The lowest BCUT2D eigenvalue weighted by Crippen LogP contribution is -2.33. The Hall–Kier alpha value is -2.65. The molecule has 1 amide bonds. The van der Waals surface area contributed by atoms with Crippen LogP contribution in [0.15, 0.2) is 52.2 Å². The normalized spacial score (nSPS) is 15.7. The maximum absolute atomic E-state index is 13.5. The Morgan fingerprint density at radius 1 is 1.19 bits per heavy atom. The van der Waals surface area contributed by atoms with Crippen LogP contribution < -0.4 is 5.32 Å². The molecule has 7 nitrogen and oxygen atoms in total. The average molecular weight is 444 g/mol. The van der Waals surface area contributed by atoms with Crippen LogP contribution in [0.4, 0.5) is 4.39 Å². The molecule has 0 unspecified atom stereocenters. The van der Waals surface area contributed by atoms with Crippen molar-refractivity contribution in [3.05, 3.63) is 60.1 Å². The first kappa shape index (κ1) is 21.6. The highest BCUT2D eigenvalue weighted by atomic mass is 32.2. The summed E-state index contributed by atoms with van der Waals surface area (Å²) >= 11 is 1.31. The van der Waals surface area contributed by atoms with E-state index in [0.717, 1.165) is 24.6 Å². The maximum Gasteiger partial charge on any atom is 0.230 e. The molecule has 2 aromatic heterocycles. The van der Waals surface area contributed by atoms with Gasteiger partial charge in [0.15, 0.2) is 11.0 Å². The lowest BCUT2D eigenvalue weighted by atomic mass is 10.1. The zero-order valence-electron chi connectivity index (χ0n) is 17.5. The van der Waals surface area contributed by atoms with Crippen molar-refractivity contribution in [1.82, 2.24) is 25.0 Å². The number of benzene rings is 1. The predicted octanol–water partition coefficient (Wildman–Crippen LogP) is 3.95. The fourth-order valence-corrected chi connectivity index (χ4v) is 4.52. The topological polar surface area (TPSA) is 76.2 Å². The zero-order valence-corrected chi connectivity index (χ0v) is 18.3. The third-order valence-corrected chi connectivity index (χ3v) is 6.36. The standard InChI is InChI=1S/C22H26FN5O2S/c1-16(27-11-3-2-4-12-27)21-25-26-22(28(21)18-9-7-17(23)8-10-18)31-15-20(29)24-14-19-6-5-13-30-19/h5-10,13,16H,2-4,11-12,14-15H2,1H3,(H,24,29)/t16-/m0/s1. The Morgan fingerprint density at radius 2 is 1.97 bits per heavy atom. The van der Waals surface area contributed by atoms with Crippen LogP contribution >= 0.6 is 11.8 Å². The Kier molecular flexibility index (Phi) is 7.03. The molecule has 1 fully saturated rings. The minimum absolute atomic E-state index is 0.0694. The number of carbonyl (C=O) groups excluding carboxylic acids is 1. The van der Waals surface area contributed by atoms with E-state index in [0.29, 0.717) is 17.5 Å². The number of likely N-dealkylation sites (tertiary alicyclic amines) is 1. The molecule has 3 aromatic rings. The van der Waals surface area contributed by atoms with E-state index in [4.69, 9.17) is 4.42 Å². The summed E-state index contributed by atoms with van der Waals surface area (Å²) in [5.41, 5.74) is 0.781. The number of piperidine rings is 1. The summed E-state index contributed by atoms with van der Waals surface area (Å²) in [5, 5.41) is 12.3. The molecular weight excluding hydrogens is 417 g/mol. The minimum Gasteiger partial charge on any atom is -0.467 e. The molecule has 1 N–H and O–H groups in total. The smallest absolute Gasteiger partial charge is 0.230 e. The number of nitrogens with one attached hydrogen (secondary N) is 1. The summed E-state index contributed by atoms with van der Waals surface area (Å²) in [6.07, 6.45) is 5.17. The van der Waals surface area contributed by atoms with E-state index in [-0.39, 0.29) is 23.5 Å². The highest BCUT2D eigenvalue weighted by Crippen LogP contribution is 2.29. The van der Waals surface area contributed by atoms with E-state index in [1.165, 1.54) is 43.2 Å². The third kappa shape index (κ3) is 5.34. The molecule has 0 saturated carbocycles. The van der Waals surface area contributed by atoms with Gasteiger partial charge in [0, 0.05) is 5.69 Å². The number of carbonyl (C=O) groups is 1. The van der Waals surface area contributed by atoms with Gasteiger partial charge in [0.05, 0.1) is 24.6 Å². The molecular formula is C22H26FN5O2S. The van der Waals surface area contributed by atoms with Gasteiger partial charge in [0.2, 0.25) is 5.91 Å². The van der Waals surface area contributed by atoms with Crippen LogP contribution in [0.1, 0.15) is 43.8 Å². The quantitative estimate of drug-likeness (QED) is 0.531. The second-order valence-corrected chi connectivity index (χ2v) is 8.51. The summed E-state index contributed by atoms with van der Waals surface area (Å²) in [7, 11) is 0. The first-order chi connectivity index (χ1) is 15.1. The third-order valence-electron chi connectivity index (χ3n) is 5.43. The zero-order chi connectivity index (χ0) is 21.6. The van der Waals surface area contributed by atoms with E-state index in [2.05, 4.69) is 27.3 Å². The van der Waals surface area contributed by atoms with Crippen LogP contribution in [-0.2, 0) is 11.3 Å². The predicted molar refractivity (Wildman–Crippen MR) is 116 cm³/mol. The van der Waals surface area contributed by atoms with Gasteiger partial charge in [-0.1, -0.05) is 18.2 Å². The van der Waals surface area contributed by atoms with Crippen molar-refractivity contribution < 1.29 is 13.6 Å².